The third kappa shape index (κ3) is 4.47. The lowest BCUT2D eigenvalue weighted by atomic mass is 10.2. The average Bonchev–Trinajstić information content (AvgIpc) is 2.53. The summed E-state index contributed by atoms with van der Waals surface area (Å²) in [4.78, 5) is 23.8. The molecular weight excluding hydrogens is 318 g/mol. The lowest BCUT2D eigenvalue weighted by Gasteiger charge is -2.11. The van der Waals surface area contributed by atoms with E-state index >= 15 is 0 Å². The molecule has 0 unspecified atom stereocenters. The SMILES string of the molecule is COc1ccc(C)cc1NC(=O)COC(=O)c1ccccc1Cl. The fourth-order valence-electron chi connectivity index (χ4n) is 1.94. The van der Waals surface area contributed by atoms with E-state index in [0.717, 1.165) is 5.56 Å². The van der Waals surface area contributed by atoms with Gasteiger partial charge in [0.05, 0.1) is 23.4 Å². The topological polar surface area (TPSA) is 64.6 Å². The summed E-state index contributed by atoms with van der Waals surface area (Å²) in [5, 5.41) is 2.93. The zero-order valence-electron chi connectivity index (χ0n) is 12.8. The van der Waals surface area contributed by atoms with Gasteiger partial charge in [0.1, 0.15) is 5.75 Å². The third-order valence-corrected chi connectivity index (χ3v) is 3.39. The zero-order chi connectivity index (χ0) is 16.8. The van der Waals surface area contributed by atoms with Crippen LogP contribution in [0.2, 0.25) is 5.02 Å². The first kappa shape index (κ1) is 16.8. The average molecular weight is 334 g/mol. The Labute approximate surface area is 139 Å². The van der Waals surface area contributed by atoms with E-state index in [-0.39, 0.29) is 10.6 Å². The molecule has 23 heavy (non-hydrogen) atoms. The first-order chi connectivity index (χ1) is 11.0. The molecule has 1 amide bonds. The van der Waals surface area contributed by atoms with E-state index in [9.17, 15) is 9.59 Å². The van der Waals surface area contributed by atoms with E-state index in [0.29, 0.717) is 11.4 Å². The number of nitrogens with one attached hydrogen (secondary N) is 1. The highest BCUT2D eigenvalue weighted by Gasteiger charge is 2.14. The number of aryl methyl sites for hydroxylation is 1. The van der Waals surface area contributed by atoms with Crippen molar-refractivity contribution >= 4 is 29.2 Å². The molecule has 0 atom stereocenters. The molecule has 2 aromatic rings. The number of carbonyl (C=O) groups is 2. The van der Waals surface area contributed by atoms with Crippen LogP contribution < -0.4 is 10.1 Å². The Morgan fingerprint density at radius 2 is 1.91 bits per heavy atom. The van der Waals surface area contributed by atoms with Gasteiger partial charge in [-0.2, -0.15) is 0 Å². The Bertz CT molecular complexity index is 730. The maximum atomic E-state index is 11.9. The van der Waals surface area contributed by atoms with Crippen LogP contribution in [0.4, 0.5) is 5.69 Å². The molecule has 0 spiro atoms. The van der Waals surface area contributed by atoms with Gasteiger partial charge in [-0.25, -0.2) is 4.79 Å². The molecule has 0 fully saturated rings. The molecule has 0 bridgehead atoms. The fourth-order valence-corrected chi connectivity index (χ4v) is 2.15. The summed E-state index contributed by atoms with van der Waals surface area (Å²) < 4.78 is 10.1. The predicted octanol–water partition coefficient (Wildman–Crippen LogP) is 3.45. The van der Waals surface area contributed by atoms with Gasteiger partial charge >= 0.3 is 5.97 Å². The number of benzene rings is 2. The highest BCUT2D eigenvalue weighted by molar-refractivity contribution is 6.33. The molecule has 0 heterocycles. The van der Waals surface area contributed by atoms with Gasteiger partial charge in [-0.1, -0.05) is 29.8 Å². The summed E-state index contributed by atoms with van der Waals surface area (Å²) in [6.45, 7) is 1.48. The van der Waals surface area contributed by atoms with E-state index in [2.05, 4.69) is 5.32 Å². The van der Waals surface area contributed by atoms with Crippen molar-refractivity contribution in [2.75, 3.05) is 19.0 Å². The van der Waals surface area contributed by atoms with Crippen molar-refractivity contribution in [1.82, 2.24) is 0 Å². The van der Waals surface area contributed by atoms with Crippen LogP contribution in [-0.4, -0.2) is 25.6 Å². The highest BCUT2D eigenvalue weighted by atomic mass is 35.5. The van der Waals surface area contributed by atoms with Crippen LogP contribution >= 0.6 is 11.6 Å². The molecule has 0 aromatic heterocycles. The number of carbonyl (C=O) groups excluding carboxylic acids is 2. The molecule has 1 N–H and O–H groups in total. The summed E-state index contributed by atoms with van der Waals surface area (Å²) in [6, 6.07) is 11.9. The molecule has 0 saturated heterocycles. The minimum Gasteiger partial charge on any atom is -0.495 e. The second-order valence-electron chi connectivity index (χ2n) is 4.81. The van der Waals surface area contributed by atoms with Gasteiger partial charge < -0.3 is 14.8 Å². The van der Waals surface area contributed by atoms with Crippen LogP contribution in [0.3, 0.4) is 0 Å². The minimum atomic E-state index is -0.651. The molecule has 0 aliphatic rings. The summed E-state index contributed by atoms with van der Waals surface area (Å²) in [5.74, 6) is -0.586. The fraction of sp³-hybridized carbons (Fsp3) is 0.176. The number of hydrogen-bond donors (Lipinski definition) is 1. The Balaban J connectivity index is 1.97. The van der Waals surface area contributed by atoms with Crippen molar-refractivity contribution in [3.05, 3.63) is 58.6 Å². The molecule has 120 valence electrons. The lowest BCUT2D eigenvalue weighted by Crippen LogP contribution is -2.21. The number of esters is 1. The second kappa shape index (κ2) is 7.65. The van der Waals surface area contributed by atoms with Gasteiger partial charge in [-0.05, 0) is 36.8 Å². The minimum absolute atomic E-state index is 0.218. The van der Waals surface area contributed by atoms with Gasteiger partial charge in [0.15, 0.2) is 6.61 Å². The Morgan fingerprint density at radius 1 is 1.17 bits per heavy atom. The van der Waals surface area contributed by atoms with E-state index in [1.165, 1.54) is 13.2 Å². The molecule has 2 rings (SSSR count). The van der Waals surface area contributed by atoms with Gasteiger partial charge in [-0.15, -0.1) is 0 Å². The van der Waals surface area contributed by atoms with Crippen molar-refractivity contribution in [2.45, 2.75) is 6.92 Å². The van der Waals surface area contributed by atoms with Crippen LogP contribution in [0.1, 0.15) is 15.9 Å². The Morgan fingerprint density at radius 3 is 2.61 bits per heavy atom. The zero-order valence-corrected chi connectivity index (χ0v) is 13.5. The monoisotopic (exact) mass is 333 g/mol. The molecule has 0 aliphatic heterocycles. The smallest absolute Gasteiger partial charge is 0.340 e. The van der Waals surface area contributed by atoms with E-state index < -0.39 is 18.5 Å². The quantitative estimate of drug-likeness (QED) is 0.851. The Hall–Kier alpha value is -2.53. The number of amides is 1. The second-order valence-corrected chi connectivity index (χ2v) is 5.22. The van der Waals surface area contributed by atoms with E-state index in [1.807, 2.05) is 13.0 Å². The first-order valence-electron chi connectivity index (χ1n) is 6.87. The largest absolute Gasteiger partial charge is 0.495 e. The normalized spacial score (nSPS) is 10.0. The number of ether oxygens (including phenoxy) is 2. The van der Waals surface area contributed by atoms with Crippen LogP contribution in [0.15, 0.2) is 42.5 Å². The van der Waals surface area contributed by atoms with Gasteiger partial charge in [-0.3, -0.25) is 4.79 Å². The first-order valence-corrected chi connectivity index (χ1v) is 7.25. The predicted molar refractivity (Wildman–Crippen MR) is 88.1 cm³/mol. The van der Waals surface area contributed by atoms with Gasteiger partial charge in [0.2, 0.25) is 0 Å². The number of anilines is 1. The summed E-state index contributed by atoms with van der Waals surface area (Å²) in [5.41, 5.74) is 1.70. The highest BCUT2D eigenvalue weighted by Crippen LogP contribution is 2.25. The number of hydrogen-bond acceptors (Lipinski definition) is 4. The van der Waals surface area contributed by atoms with Gasteiger partial charge in [0.25, 0.3) is 5.91 Å². The molecular formula is C17H16ClNO4. The number of halogens is 1. The molecule has 0 radical (unpaired) electrons. The Kier molecular flexibility index (Phi) is 5.60. The van der Waals surface area contributed by atoms with Crippen molar-refractivity contribution in [3.8, 4) is 5.75 Å². The van der Waals surface area contributed by atoms with Crippen LogP contribution in [-0.2, 0) is 9.53 Å². The maximum Gasteiger partial charge on any atom is 0.340 e. The van der Waals surface area contributed by atoms with Crippen molar-refractivity contribution < 1.29 is 19.1 Å². The molecule has 6 heteroatoms. The van der Waals surface area contributed by atoms with Gasteiger partial charge in [0, 0.05) is 0 Å². The molecule has 2 aromatic carbocycles. The lowest BCUT2D eigenvalue weighted by molar-refractivity contribution is -0.119. The van der Waals surface area contributed by atoms with Crippen LogP contribution in [0.25, 0.3) is 0 Å². The maximum absolute atomic E-state index is 11.9. The standard InChI is InChI=1S/C17H16ClNO4/c1-11-7-8-15(22-2)14(9-11)19-16(20)10-23-17(21)12-5-3-4-6-13(12)18/h3-9H,10H2,1-2H3,(H,19,20). The van der Waals surface area contributed by atoms with E-state index in [4.69, 9.17) is 21.1 Å². The molecule has 0 aliphatic carbocycles. The summed E-state index contributed by atoms with van der Waals surface area (Å²) in [7, 11) is 1.51. The number of rotatable bonds is 5. The van der Waals surface area contributed by atoms with E-state index in [1.54, 1.807) is 30.3 Å². The molecule has 5 nitrogen and oxygen atoms in total. The van der Waals surface area contributed by atoms with Crippen molar-refractivity contribution in [1.29, 1.82) is 0 Å². The van der Waals surface area contributed by atoms with Crippen molar-refractivity contribution in [3.63, 3.8) is 0 Å². The van der Waals surface area contributed by atoms with Crippen molar-refractivity contribution in [2.24, 2.45) is 0 Å². The number of methoxy groups -OCH3 is 1. The summed E-state index contributed by atoms with van der Waals surface area (Å²) in [6.07, 6.45) is 0. The van der Waals surface area contributed by atoms with Crippen LogP contribution in [0.5, 0.6) is 5.75 Å². The summed E-state index contributed by atoms with van der Waals surface area (Å²) >= 11 is 5.90. The van der Waals surface area contributed by atoms with Crippen LogP contribution in [0, 0.1) is 6.92 Å². The molecule has 0 saturated carbocycles. The third-order valence-electron chi connectivity index (χ3n) is 3.06.